The van der Waals surface area contributed by atoms with E-state index in [0.29, 0.717) is 18.0 Å². The maximum Gasteiger partial charge on any atom is 0.310 e. The van der Waals surface area contributed by atoms with Crippen LogP contribution in [-0.4, -0.2) is 58.0 Å². The topological polar surface area (TPSA) is 60.9 Å². The van der Waals surface area contributed by atoms with Crippen LogP contribution < -0.4 is 0 Å². The number of nitrogens with zero attached hydrogens (tertiary/aromatic N) is 2. The number of hydrogen-bond donors (Lipinski definition) is 1. The first kappa shape index (κ1) is 29.8. The smallest absolute Gasteiger partial charge is 0.310 e. The number of carboxylic acid groups (broad SMARTS) is 1. The number of aryl methyl sites for hydroxylation is 2. The van der Waals surface area contributed by atoms with Crippen molar-refractivity contribution in [1.29, 1.82) is 0 Å². The summed E-state index contributed by atoms with van der Waals surface area (Å²) in [5, 5.41) is 10.8. The van der Waals surface area contributed by atoms with E-state index in [4.69, 9.17) is 11.6 Å². The molecule has 5 rings (SSSR count). The first-order valence-electron chi connectivity index (χ1n) is 15.3. The van der Waals surface area contributed by atoms with Gasteiger partial charge in [0.1, 0.15) is 0 Å². The molecule has 3 aliphatic rings. The van der Waals surface area contributed by atoms with Crippen LogP contribution in [0.25, 0.3) is 0 Å². The lowest BCUT2D eigenvalue weighted by molar-refractivity contribution is -0.140. The summed E-state index contributed by atoms with van der Waals surface area (Å²) in [5.41, 5.74) is 6.20. The molecule has 0 radical (unpaired) electrons. The highest BCUT2D eigenvalue weighted by Crippen LogP contribution is 2.39. The lowest BCUT2D eigenvalue weighted by Gasteiger charge is -2.33. The van der Waals surface area contributed by atoms with Gasteiger partial charge in [0.25, 0.3) is 0 Å². The molecule has 2 aliphatic heterocycles. The standard InChI is InChI=1S/C35H45ClN2O3/c1-23-8-9-24(18-29(34(40)41)20-25-10-11-26-6-5-7-28(26)19-25)16-17-38(23)33(39)32-22-37(35(2,3)4)21-31(32)27-12-14-30(36)15-13-27/h10-15,18-19,23,29,31-32H,5-9,16-17,20-22H2,1-4H3,(H,40,41)/b24-18-/t23-,29-,31?,32?/m0/s1. The maximum absolute atomic E-state index is 14.2. The molecule has 0 saturated carbocycles. The third-order valence-electron chi connectivity index (χ3n) is 9.63. The fourth-order valence-electron chi connectivity index (χ4n) is 7.02. The number of fused-ring (bicyclic) bond motifs is 1. The molecule has 41 heavy (non-hydrogen) atoms. The summed E-state index contributed by atoms with van der Waals surface area (Å²) in [6.45, 7) is 11.0. The molecule has 0 spiro atoms. The quantitative estimate of drug-likeness (QED) is 0.379. The Bertz CT molecular complexity index is 1300. The molecule has 1 amide bonds. The van der Waals surface area contributed by atoms with Gasteiger partial charge in [-0.05, 0) is 107 Å². The minimum atomic E-state index is -0.776. The summed E-state index contributed by atoms with van der Waals surface area (Å²) >= 11 is 6.19. The third kappa shape index (κ3) is 6.89. The number of likely N-dealkylation sites (tertiary alicyclic amines) is 2. The van der Waals surface area contributed by atoms with Crippen molar-refractivity contribution in [3.05, 3.63) is 81.4 Å². The van der Waals surface area contributed by atoms with Crippen LogP contribution in [0, 0.1) is 11.8 Å². The summed E-state index contributed by atoms with van der Waals surface area (Å²) in [7, 11) is 0. The fourth-order valence-corrected chi connectivity index (χ4v) is 7.15. The van der Waals surface area contributed by atoms with Crippen molar-refractivity contribution in [1.82, 2.24) is 9.80 Å². The van der Waals surface area contributed by atoms with Crippen LogP contribution in [0.15, 0.2) is 54.1 Å². The Labute approximate surface area is 250 Å². The molecule has 2 fully saturated rings. The second-order valence-electron chi connectivity index (χ2n) is 13.4. The molecular formula is C35H45ClN2O3. The van der Waals surface area contributed by atoms with Crippen molar-refractivity contribution in [2.24, 2.45) is 11.8 Å². The third-order valence-corrected chi connectivity index (χ3v) is 9.88. The van der Waals surface area contributed by atoms with Crippen molar-refractivity contribution in [2.75, 3.05) is 19.6 Å². The minimum Gasteiger partial charge on any atom is -0.481 e. The fraction of sp³-hybridized carbons (Fsp3) is 0.543. The van der Waals surface area contributed by atoms with Gasteiger partial charge in [-0.25, -0.2) is 0 Å². The molecule has 0 bridgehead atoms. The van der Waals surface area contributed by atoms with E-state index in [-0.39, 0.29) is 29.3 Å². The molecule has 0 aromatic heterocycles. The second kappa shape index (κ2) is 12.3. The van der Waals surface area contributed by atoms with E-state index in [0.717, 1.165) is 56.3 Å². The van der Waals surface area contributed by atoms with Crippen molar-refractivity contribution in [3.63, 3.8) is 0 Å². The van der Waals surface area contributed by atoms with Crippen LogP contribution >= 0.6 is 11.6 Å². The molecule has 1 aliphatic carbocycles. The molecule has 2 saturated heterocycles. The van der Waals surface area contributed by atoms with Gasteiger partial charge in [-0.2, -0.15) is 0 Å². The Morgan fingerprint density at radius 1 is 1.02 bits per heavy atom. The molecule has 2 heterocycles. The summed E-state index contributed by atoms with van der Waals surface area (Å²) in [6.07, 6.45) is 8.32. The van der Waals surface area contributed by atoms with Crippen LogP contribution in [0.3, 0.4) is 0 Å². The number of rotatable bonds is 6. The van der Waals surface area contributed by atoms with Crippen LogP contribution in [0.4, 0.5) is 0 Å². The maximum atomic E-state index is 14.2. The number of benzene rings is 2. The Kier molecular flexibility index (Phi) is 8.96. The number of amides is 1. The predicted molar refractivity (Wildman–Crippen MR) is 165 cm³/mol. The number of carbonyl (C=O) groups excluding carboxylic acids is 1. The number of carbonyl (C=O) groups is 2. The first-order chi connectivity index (χ1) is 19.5. The zero-order valence-electron chi connectivity index (χ0n) is 25.0. The van der Waals surface area contributed by atoms with Crippen LogP contribution in [0.2, 0.25) is 5.02 Å². The summed E-state index contributed by atoms with van der Waals surface area (Å²) in [6, 6.07) is 14.6. The Balaban J connectivity index is 1.31. The Morgan fingerprint density at radius 3 is 2.46 bits per heavy atom. The summed E-state index contributed by atoms with van der Waals surface area (Å²) in [4.78, 5) is 31.0. The lowest BCUT2D eigenvalue weighted by Crippen LogP contribution is -2.45. The highest BCUT2D eigenvalue weighted by molar-refractivity contribution is 6.30. The van der Waals surface area contributed by atoms with E-state index < -0.39 is 11.9 Å². The van der Waals surface area contributed by atoms with Crippen molar-refractivity contribution >= 4 is 23.5 Å². The Hall–Kier alpha value is -2.63. The molecule has 6 heteroatoms. The molecule has 220 valence electrons. The van der Waals surface area contributed by atoms with E-state index >= 15 is 0 Å². The average Bonchev–Trinajstić information content (AvgIpc) is 3.54. The number of aliphatic carboxylic acids is 1. The second-order valence-corrected chi connectivity index (χ2v) is 13.9. The van der Waals surface area contributed by atoms with E-state index in [1.807, 2.05) is 18.2 Å². The van der Waals surface area contributed by atoms with Gasteiger partial charge < -0.3 is 10.0 Å². The van der Waals surface area contributed by atoms with E-state index in [2.05, 4.69) is 67.8 Å². The zero-order chi connectivity index (χ0) is 29.3. The zero-order valence-corrected chi connectivity index (χ0v) is 25.8. The van der Waals surface area contributed by atoms with Gasteiger partial charge in [0.05, 0.1) is 11.8 Å². The molecule has 2 aromatic rings. The van der Waals surface area contributed by atoms with Gasteiger partial charge in [-0.1, -0.05) is 53.6 Å². The monoisotopic (exact) mass is 576 g/mol. The van der Waals surface area contributed by atoms with E-state index in [1.165, 1.54) is 23.1 Å². The van der Waals surface area contributed by atoms with Gasteiger partial charge in [0.15, 0.2) is 0 Å². The van der Waals surface area contributed by atoms with E-state index in [9.17, 15) is 14.7 Å². The molecule has 1 N–H and O–H groups in total. The van der Waals surface area contributed by atoms with Crippen molar-refractivity contribution < 1.29 is 14.7 Å². The largest absolute Gasteiger partial charge is 0.481 e. The van der Waals surface area contributed by atoms with Gasteiger partial charge in [-0.15, -0.1) is 0 Å². The van der Waals surface area contributed by atoms with Gasteiger partial charge in [0.2, 0.25) is 5.91 Å². The van der Waals surface area contributed by atoms with Crippen molar-refractivity contribution in [3.8, 4) is 0 Å². The average molecular weight is 577 g/mol. The van der Waals surface area contributed by atoms with Crippen LogP contribution in [0.5, 0.6) is 0 Å². The van der Waals surface area contributed by atoms with Crippen LogP contribution in [-0.2, 0) is 28.9 Å². The molecule has 5 nitrogen and oxygen atoms in total. The minimum absolute atomic E-state index is 0.0231. The Morgan fingerprint density at radius 2 is 1.76 bits per heavy atom. The molecule has 2 unspecified atom stereocenters. The van der Waals surface area contributed by atoms with Gasteiger partial charge >= 0.3 is 5.97 Å². The van der Waals surface area contributed by atoms with E-state index in [1.54, 1.807) is 0 Å². The molecule has 2 aromatic carbocycles. The predicted octanol–water partition coefficient (Wildman–Crippen LogP) is 6.91. The van der Waals surface area contributed by atoms with Gasteiger partial charge in [0, 0.05) is 42.2 Å². The summed E-state index contributed by atoms with van der Waals surface area (Å²) in [5.74, 6) is -1.10. The molecule has 4 atom stereocenters. The highest BCUT2D eigenvalue weighted by atomic mass is 35.5. The van der Waals surface area contributed by atoms with Gasteiger partial charge in [-0.3, -0.25) is 14.5 Å². The normalized spacial score (nSPS) is 25.2. The number of halogens is 1. The molecular weight excluding hydrogens is 532 g/mol. The van der Waals surface area contributed by atoms with Crippen molar-refractivity contribution in [2.45, 2.75) is 90.1 Å². The lowest BCUT2D eigenvalue weighted by atomic mass is 9.87. The number of hydrogen-bond acceptors (Lipinski definition) is 3. The number of carboxylic acids is 1. The van der Waals surface area contributed by atoms with Crippen LogP contribution in [0.1, 0.15) is 81.5 Å². The highest BCUT2D eigenvalue weighted by Gasteiger charge is 2.44. The summed E-state index contributed by atoms with van der Waals surface area (Å²) < 4.78 is 0. The first-order valence-corrected chi connectivity index (χ1v) is 15.7. The SMILES string of the molecule is C[C@H]1CC/C(=C/[C@@H](Cc2ccc3c(c2)CCC3)C(=O)O)CCN1C(=O)C1CN(C(C)(C)C)CC1c1ccc(Cl)cc1.